The van der Waals surface area contributed by atoms with Crippen molar-refractivity contribution >= 4 is 49.8 Å². The Morgan fingerprint density at radius 1 is 0.364 bits per heavy atom. The first-order chi connectivity index (χ1) is 27.3. The third kappa shape index (κ3) is 4.75. The number of benzene rings is 9. The van der Waals surface area contributed by atoms with Crippen molar-refractivity contribution in [1.82, 2.24) is 0 Å². The number of furan rings is 1. The summed E-state index contributed by atoms with van der Waals surface area (Å²) in [7, 11) is 0. The Bertz CT molecular complexity index is 2980. The van der Waals surface area contributed by atoms with E-state index in [0.29, 0.717) is 0 Å². The van der Waals surface area contributed by atoms with Gasteiger partial charge in [-0.15, -0.1) is 0 Å². The van der Waals surface area contributed by atoms with Gasteiger partial charge in [0.25, 0.3) is 0 Å². The van der Waals surface area contributed by atoms with E-state index in [4.69, 9.17) is 4.42 Å². The summed E-state index contributed by atoms with van der Waals surface area (Å²) in [6, 6.07) is 76.9. The van der Waals surface area contributed by atoms with Gasteiger partial charge in [0.05, 0.1) is 11.1 Å². The van der Waals surface area contributed by atoms with Gasteiger partial charge in [-0.3, -0.25) is 0 Å². The van der Waals surface area contributed by atoms with Crippen molar-refractivity contribution in [2.75, 3.05) is 4.90 Å². The van der Waals surface area contributed by atoms with Crippen LogP contribution in [0.4, 0.5) is 17.1 Å². The summed E-state index contributed by atoms with van der Waals surface area (Å²) < 4.78 is 6.62. The molecular formula is C53H35NO. The number of para-hydroxylation sites is 1. The lowest BCUT2D eigenvalue weighted by Gasteiger charge is -2.34. The molecule has 0 N–H and O–H groups in total. The highest BCUT2D eigenvalue weighted by Gasteiger charge is 2.46. The van der Waals surface area contributed by atoms with Crippen LogP contribution in [0.5, 0.6) is 0 Å². The van der Waals surface area contributed by atoms with Crippen LogP contribution < -0.4 is 4.90 Å². The maximum atomic E-state index is 6.62. The maximum Gasteiger partial charge on any atom is 0.138 e. The van der Waals surface area contributed by atoms with Crippen LogP contribution in [-0.4, -0.2) is 0 Å². The minimum atomic E-state index is -0.463. The van der Waals surface area contributed by atoms with Crippen LogP contribution in [0.2, 0.25) is 0 Å². The monoisotopic (exact) mass is 701 g/mol. The molecule has 1 aliphatic rings. The molecule has 9 aromatic carbocycles. The molecule has 0 bridgehead atoms. The van der Waals surface area contributed by atoms with Crippen LogP contribution in [0.1, 0.15) is 22.3 Å². The first-order valence-electron chi connectivity index (χ1n) is 18.9. The fraction of sp³-hybridized carbons (Fsp3) is 0.0189. The minimum absolute atomic E-state index is 0.463. The molecule has 0 saturated carbocycles. The van der Waals surface area contributed by atoms with Crippen molar-refractivity contribution in [2.24, 2.45) is 0 Å². The molecule has 11 rings (SSSR count). The van der Waals surface area contributed by atoms with Gasteiger partial charge in [0.2, 0.25) is 0 Å². The van der Waals surface area contributed by atoms with Crippen molar-refractivity contribution in [3.63, 3.8) is 0 Å². The molecular weight excluding hydrogens is 667 g/mol. The van der Waals surface area contributed by atoms with Gasteiger partial charge in [0.1, 0.15) is 11.2 Å². The molecule has 55 heavy (non-hydrogen) atoms. The molecule has 1 aliphatic carbocycles. The van der Waals surface area contributed by atoms with Crippen molar-refractivity contribution in [1.29, 1.82) is 0 Å². The van der Waals surface area contributed by atoms with Crippen LogP contribution in [0.25, 0.3) is 55.0 Å². The number of anilines is 3. The van der Waals surface area contributed by atoms with Crippen LogP contribution in [-0.2, 0) is 5.41 Å². The molecule has 1 aromatic heterocycles. The molecule has 0 unspecified atom stereocenters. The topological polar surface area (TPSA) is 16.4 Å². The molecule has 2 heteroatoms. The van der Waals surface area contributed by atoms with E-state index in [1.807, 2.05) is 6.07 Å². The van der Waals surface area contributed by atoms with Crippen LogP contribution in [0, 0.1) is 0 Å². The molecule has 0 amide bonds. The molecule has 0 radical (unpaired) electrons. The highest BCUT2D eigenvalue weighted by molar-refractivity contribution is 6.22. The Hall–Kier alpha value is -7.16. The quantitative estimate of drug-likeness (QED) is 0.172. The van der Waals surface area contributed by atoms with E-state index in [9.17, 15) is 0 Å². The molecule has 10 aromatic rings. The first kappa shape index (κ1) is 31.4. The highest BCUT2D eigenvalue weighted by atomic mass is 16.3. The Kier molecular flexibility index (Phi) is 7.11. The second-order valence-electron chi connectivity index (χ2n) is 14.4. The van der Waals surface area contributed by atoms with Gasteiger partial charge in [-0.1, -0.05) is 176 Å². The van der Waals surface area contributed by atoms with Gasteiger partial charge in [-0.2, -0.15) is 0 Å². The summed E-state index contributed by atoms with van der Waals surface area (Å²) in [5.74, 6) is 0. The van der Waals surface area contributed by atoms with Crippen LogP contribution in [0.3, 0.4) is 0 Å². The van der Waals surface area contributed by atoms with E-state index in [-0.39, 0.29) is 0 Å². The largest absolute Gasteiger partial charge is 0.456 e. The molecule has 258 valence electrons. The first-order valence-corrected chi connectivity index (χ1v) is 18.9. The smallest absolute Gasteiger partial charge is 0.138 e. The number of hydrogen-bond donors (Lipinski definition) is 0. The van der Waals surface area contributed by atoms with Gasteiger partial charge in [-0.05, 0) is 80.2 Å². The predicted octanol–water partition coefficient (Wildman–Crippen LogP) is 14.2. The summed E-state index contributed by atoms with van der Waals surface area (Å²) in [6.45, 7) is 0. The van der Waals surface area contributed by atoms with Gasteiger partial charge in [0.15, 0.2) is 0 Å². The van der Waals surface area contributed by atoms with Gasteiger partial charge < -0.3 is 9.32 Å². The standard InChI is InChI=1S/C53H35NO/c1-4-16-36(17-5-1)37-28-30-40(31-29-37)54(49-35-51-52(44-24-11-10-23-43(44)49)45-25-13-15-27-50(45)55-51)41-32-33-48-46(34-41)42-22-12-14-26-47(42)53(48,38-18-6-2-7-19-38)39-20-8-3-9-21-39/h1-35H. The fourth-order valence-corrected chi connectivity index (χ4v) is 9.19. The highest BCUT2D eigenvalue weighted by Crippen LogP contribution is 2.57. The van der Waals surface area contributed by atoms with Crippen molar-refractivity contribution in [2.45, 2.75) is 5.41 Å². The van der Waals surface area contributed by atoms with Crippen LogP contribution in [0.15, 0.2) is 217 Å². The van der Waals surface area contributed by atoms with E-state index in [2.05, 4.69) is 211 Å². The number of fused-ring (bicyclic) bond motifs is 8. The maximum absolute atomic E-state index is 6.62. The molecule has 2 nitrogen and oxygen atoms in total. The number of hydrogen-bond acceptors (Lipinski definition) is 2. The zero-order valence-corrected chi connectivity index (χ0v) is 30.1. The normalized spacial score (nSPS) is 12.9. The third-order valence-electron chi connectivity index (χ3n) is 11.5. The Labute approximate surface area is 320 Å². The van der Waals surface area contributed by atoms with Gasteiger partial charge >= 0.3 is 0 Å². The lowest BCUT2D eigenvalue weighted by atomic mass is 9.68. The Morgan fingerprint density at radius 2 is 0.909 bits per heavy atom. The van der Waals surface area contributed by atoms with E-state index < -0.39 is 5.41 Å². The third-order valence-corrected chi connectivity index (χ3v) is 11.5. The molecule has 0 spiro atoms. The average molecular weight is 702 g/mol. The SMILES string of the molecule is c1ccc(-c2ccc(N(c3ccc4c(c3)-c3ccccc3C4(c3ccccc3)c3ccccc3)c3cc4oc5ccccc5c4c4ccccc34)cc2)cc1. The van der Waals surface area contributed by atoms with Gasteiger partial charge in [-0.25, -0.2) is 0 Å². The molecule has 0 saturated heterocycles. The summed E-state index contributed by atoms with van der Waals surface area (Å²) in [5, 5.41) is 4.61. The average Bonchev–Trinajstić information content (AvgIpc) is 3.79. The fourth-order valence-electron chi connectivity index (χ4n) is 9.19. The lowest BCUT2D eigenvalue weighted by Crippen LogP contribution is -2.28. The Morgan fingerprint density at radius 3 is 1.64 bits per heavy atom. The second kappa shape index (κ2) is 12.5. The molecule has 0 atom stereocenters. The van der Waals surface area contributed by atoms with Crippen molar-refractivity contribution in [3.05, 3.63) is 235 Å². The van der Waals surface area contributed by atoms with Crippen molar-refractivity contribution in [3.8, 4) is 22.3 Å². The Balaban J connectivity index is 1.19. The second-order valence-corrected chi connectivity index (χ2v) is 14.4. The van der Waals surface area contributed by atoms with Gasteiger partial charge in [0, 0.05) is 33.6 Å². The zero-order valence-electron chi connectivity index (χ0n) is 30.1. The van der Waals surface area contributed by atoms with E-state index in [0.717, 1.165) is 44.4 Å². The van der Waals surface area contributed by atoms with Crippen molar-refractivity contribution < 1.29 is 4.42 Å². The molecule has 1 heterocycles. The zero-order chi connectivity index (χ0) is 36.3. The number of rotatable bonds is 6. The predicted molar refractivity (Wildman–Crippen MR) is 229 cm³/mol. The van der Waals surface area contributed by atoms with E-state index in [1.54, 1.807) is 0 Å². The summed E-state index contributed by atoms with van der Waals surface area (Å²) in [5.41, 5.74) is 14.5. The lowest BCUT2D eigenvalue weighted by molar-refractivity contribution is 0.669. The molecule has 0 aliphatic heterocycles. The van der Waals surface area contributed by atoms with Crippen LogP contribution >= 0.6 is 0 Å². The summed E-state index contributed by atoms with van der Waals surface area (Å²) in [6.07, 6.45) is 0. The summed E-state index contributed by atoms with van der Waals surface area (Å²) >= 11 is 0. The summed E-state index contributed by atoms with van der Waals surface area (Å²) in [4.78, 5) is 2.41. The van der Waals surface area contributed by atoms with E-state index >= 15 is 0 Å². The minimum Gasteiger partial charge on any atom is -0.456 e. The van der Waals surface area contributed by atoms with E-state index in [1.165, 1.54) is 49.9 Å². The molecule has 0 fully saturated rings. The number of nitrogens with zero attached hydrogens (tertiary/aromatic N) is 1.